The summed E-state index contributed by atoms with van der Waals surface area (Å²) in [6.07, 6.45) is 0.0348. The first kappa shape index (κ1) is 21.2. The number of benzene rings is 2. The van der Waals surface area contributed by atoms with E-state index in [2.05, 4.69) is 15.6 Å². The summed E-state index contributed by atoms with van der Waals surface area (Å²) in [5.41, 5.74) is 1.61. The second kappa shape index (κ2) is 10.3. The minimum Gasteiger partial charge on any atom is -0.466 e. The monoisotopic (exact) mass is 423 g/mol. The predicted octanol–water partition coefficient (Wildman–Crippen LogP) is 3.36. The summed E-state index contributed by atoms with van der Waals surface area (Å²) in [5, 5.41) is 7.53. The Kier molecular flexibility index (Phi) is 7.29. The molecule has 2 N–H and O–H groups in total. The van der Waals surface area contributed by atoms with Crippen LogP contribution in [0.5, 0.6) is 0 Å². The molecular weight excluding hydrogens is 402 g/mol. The van der Waals surface area contributed by atoms with Gasteiger partial charge < -0.3 is 10.1 Å². The van der Waals surface area contributed by atoms with Gasteiger partial charge in [-0.1, -0.05) is 48.5 Å². The van der Waals surface area contributed by atoms with E-state index in [1.54, 1.807) is 60.8 Å². The van der Waals surface area contributed by atoms with Crippen molar-refractivity contribution in [3.05, 3.63) is 82.9 Å². The number of amides is 2. The standard InChI is InChI=1S/C22H21N3O4S/c1-2-29-18(26)13-17-14-30-22(23-17)25-21(28)19(15-9-5-3-6-10-15)24-20(27)16-11-7-4-8-12-16/h3-12,14,19H,2,13H2,1H3,(H,24,27)(H,23,25,28). The Morgan fingerprint density at radius 1 is 1.03 bits per heavy atom. The molecule has 2 amide bonds. The maximum atomic E-state index is 13.0. The van der Waals surface area contributed by atoms with Crippen LogP contribution in [0.15, 0.2) is 66.0 Å². The lowest BCUT2D eigenvalue weighted by Crippen LogP contribution is -2.37. The number of ether oxygens (including phenoxy) is 1. The fourth-order valence-electron chi connectivity index (χ4n) is 2.73. The maximum Gasteiger partial charge on any atom is 0.311 e. The summed E-state index contributed by atoms with van der Waals surface area (Å²) >= 11 is 1.20. The predicted molar refractivity (Wildman–Crippen MR) is 114 cm³/mol. The van der Waals surface area contributed by atoms with Crippen molar-refractivity contribution in [1.82, 2.24) is 10.3 Å². The van der Waals surface area contributed by atoms with E-state index in [-0.39, 0.29) is 18.3 Å². The highest BCUT2D eigenvalue weighted by molar-refractivity contribution is 7.13. The molecule has 1 unspecified atom stereocenters. The molecule has 1 heterocycles. The second-order valence-electron chi connectivity index (χ2n) is 6.30. The molecule has 0 saturated heterocycles. The number of rotatable bonds is 8. The van der Waals surface area contributed by atoms with Crippen LogP contribution in [0.3, 0.4) is 0 Å². The molecule has 7 nitrogen and oxygen atoms in total. The van der Waals surface area contributed by atoms with Crippen molar-refractivity contribution in [2.75, 3.05) is 11.9 Å². The zero-order chi connectivity index (χ0) is 21.3. The van der Waals surface area contributed by atoms with Crippen LogP contribution in [0.2, 0.25) is 0 Å². The number of nitrogens with zero attached hydrogens (tertiary/aromatic N) is 1. The number of nitrogens with one attached hydrogen (secondary N) is 2. The number of carbonyl (C=O) groups is 3. The molecule has 0 aliphatic rings. The van der Waals surface area contributed by atoms with Gasteiger partial charge >= 0.3 is 5.97 Å². The Morgan fingerprint density at radius 3 is 2.37 bits per heavy atom. The van der Waals surface area contributed by atoms with Gasteiger partial charge in [-0.05, 0) is 24.6 Å². The molecule has 3 rings (SSSR count). The SMILES string of the molecule is CCOC(=O)Cc1csc(NC(=O)C(NC(=O)c2ccccc2)c2ccccc2)n1. The van der Waals surface area contributed by atoms with Gasteiger partial charge in [-0.2, -0.15) is 0 Å². The lowest BCUT2D eigenvalue weighted by atomic mass is 10.1. The molecule has 2 aromatic carbocycles. The molecule has 0 bridgehead atoms. The average molecular weight is 423 g/mol. The first-order valence-corrected chi connectivity index (χ1v) is 10.3. The van der Waals surface area contributed by atoms with Crippen molar-refractivity contribution in [3.8, 4) is 0 Å². The summed E-state index contributed by atoms with van der Waals surface area (Å²) in [7, 11) is 0. The van der Waals surface area contributed by atoms with E-state index in [9.17, 15) is 14.4 Å². The van der Waals surface area contributed by atoms with Gasteiger partial charge in [-0.3, -0.25) is 19.7 Å². The minimum absolute atomic E-state index is 0.0348. The van der Waals surface area contributed by atoms with Gasteiger partial charge in [-0.25, -0.2) is 4.98 Å². The molecule has 8 heteroatoms. The molecule has 0 spiro atoms. The van der Waals surface area contributed by atoms with Crippen molar-refractivity contribution in [3.63, 3.8) is 0 Å². The molecule has 0 saturated carbocycles. The third-order valence-corrected chi connectivity index (χ3v) is 4.93. The van der Waals surface area contributed by atoms with Gasteiger partial charge in [0.2, 0.25) is 0 Å². The van der Waals surface area contributed by atoms with Gasteiger partial charge in [0, 0.05) is 10.9 Å². The van der Waals surface area contributed by atoms with Crippen LogP contribution < -0.4 is 10.6 Å². The minimum atomic E-state index is -0.906. The van der Waals surface area contributed by atoms with Crippen LogP contribution in [-0.4, -0.2) is 29.4 Å². The molecule has 30 heavy (non-hydrogen) atoms. The number of aromatic nitrogens is 1. The summed E-state index contributed by atoms with van der Waals surface area (Å²) in [5.74, 6) is -1.16. The van der Waals surface area contributed by atoms with E-state index in [4.69, 9.17) is 4.74 Å². The van der Waals surface area contributed by atoms with Crippen molar-refractivity contribution < 1.29 is 19.1 Å². The quantitative estimate of drug-likeness (QED) is 0.542. The molecule has 1 aromatic heterocycles. The van der Waals surface area contributed by atoms with Crippen LogP contribution in [0.25, 0.3) is 0 Å². The van der Waals surface area contributed by atoms with E-state index in [0.29, 0.717) is 28.6 Å². The van der Waals surface area contributed by atoms with Crippen LogP contribution >= 0.6 is 11.3 Å². The van der Waals surface area contributed by atoms with E-state index in [0.717, 1.165) is 0 Å². The lowest BCUT2D eigenvalue weighted by molar-refractivity contribution is -0.142. The summed E-state index contributed by atoms with van der Waals surface area (Å²) in [4.78, 5) is 41.4. The number of anilines is 1. The van der Waals surface area contributed by atoms with Crippen LogP contribution in [-0.2, 0) is 20.7 Å². The Balaban J connectivity index is 1.74. The van der Waals surface area contributed by atoms with E-state index in [1.807, 2.05) is 12.1 Å². The number of carbonyl (C=O) groups excluding carboxylic acids is 3. The molecule has 0 aliphatic heterocycles. The molecule has 154 valence electrons. The van der Waals surface area contributed by atoms with Crippen LogP contribution in [0.1, 0.15) is 34.6 Å². The van der Waals surface area contributed by atoms with Gasteiger partial charge in [0.25, 0.3) is 11.8 Å². The smallest absolute Gasteiger partial charge is 0.311 e. The number of hydrogen-bond acceptors (Lipinski definition) is 6. The number of esters is 1. The maximum absolute atomic E-state index is 13.0. The van der Waals surface area contributed by atoms with Crippen molar-refractivity contribution in [2.24, 2.45) is 0 Å². The van der Waals surface area contributed by atoms with Crippen LogP contribution in [0.4, 0.5) is 5.13 Å². The first-order chi connectivity index (χ1) is 14.6. The van der Waals surface area contributed by atoms with Crippen LogP contribution in [0, 0.1) is 0 Å². The number of hydrogen-bond donors (Lipinski definition) is 2. The fourth-order valence-corrected chi connectivity index (χ4v) is 3.45. The van der Waals surface area contributed by atoms with Gasteiger partial charge in [0.05, 0.1) is 18.7 Å². The zero-order valence-corrected chi connectivity index (χ0v) is 17.1. The largest absolute Gasteiger partial charge is 0.466 e. The Bertz CT molecular complexity index is 1010. The summed E-state index contributed by atoms with van der Waals surface area (Å²) < 4.78 is 4.91. The Hall–Kier alpha value is -3.52. The van der Waals surface area contributed by atoms with Crippen molar-refractivity contribution in [2.45, 2.75) is 19.4 Å². The Labute approximate surface area is 178 Å². The molecule has 0 fully saturated rings. The van der Waals surface area contributed by atoms with Gasteiger partial charge in [0.1, 0.15) is 6.04 Å². The second-order valence-corrected chi connectivity index (χ2v) is 7.16. The molecule has 1 atom stereocenters. The third kappa shape index (κ3) is 5.74. The normalized spacial score (nSPS) is 11.4. The lowest BCUT2D eigenvalue weighted by Gasteiger charge is -2.18. The van der Waals surface area contributed by atoms with Gasteiger partial charge in [0.15, 0.2) is 5.13 Å². The summed E-state index contributed by atoms with van der Waals surface area (Å²) in [6, 6.07) is 16.7. The molecule has 0 aliphatic carbocycles. The first-order valence-electron chi connectivity index (χ1n) is 9.38. The average Bonchev–Trinajstić information content (AvgIpc) is 3.19. The highest BCUT2D eigenvalue weighted by Crippen LogP contribution is 2.20. The number of thiazole rings is 1. The van der Waals surface area contributed by atoms with Gasteiger partial charge in [-0.15, -0.1) is 11.3 Å². The fraction of sp³-hybridized carbons (Fsp3) is 0.182. The molecule has 0 radical (unpaired) electrons. The van der Waals surface area contributed by atoms with E-state index in [1.165, 1.54) is 11.3 Å². The Morgan fingerprint density at radius 2 is 1.70 bits per heavy atom. The topological polar surface area (TPSA) is 97.4 Å². The van der Waals surface area contributed by atoms with E-state index < -0.39 is 11.9 Å². The summed E-state index contributed by atoms with van der Waals surface area (Å²) in [6.45, 7) is 2.03. The zero-order valence-electron chi connectivity index (χ0n) is 16.3. The highest BCUT2D eigenvalue weighted by Gasteiger charge is 2.24. The van der Waals surface area contributed by atoms with Crippen molar-refractivity contribution >= 4 is 34.3 Å². The third-order valence-electron chi connectivity index (χ3n) is 4.12. The molecule has 3 aromatic rings. The highest BCUT2D eigenvalue weighted by atomic mass is 32.1. The molecular formula is C22H21N3O4S. The van der Waals surface area contributed by atoms with Crippen molar-refractivity contribution in [1.29, 1.82) is 0 Å². The van der Waals surface area contributed by atoms with E-state index >= 15 is 0 Å².